The largest absolute Gasteiger partial charge is 0.478 e. The average molecular weight is 308 g/mol. The lowest BCUT2D eigenvalue weighted by atomic mass is 10.2. The SMILES string of the molecule is CN(CCC(F)(F)F)c1ccc(/C=C/C(=O)O)cc1Cl. The minimum atomic E-state index is -4.22. The summed E-state index contributed by atoms with van der Waals surface area (Å²) < 4.78 is 36.4. The van der Waals surface area contributed by atoms with Crippen LogP contribution >= 0.6 is 11.6 Å². The lowest BCUT2D eigenvalue weighted by molar-refractivity contribution is -0.132. The maximum atomic E-state index is 12.1. The lowest BCUT2D eigenvalue weighted by Crippen LogP contribution is -2.24. The molecule has 1 aromatic carbocycles. The number of carbonyl (C=O) groups is 1. The second-order valence-corrected chi connectivity index (χ2v) is 4.58. The fourth-order valence-electron chi connectivity index (χ4n) is 1.52. The van der Waals surface area contributed by atoms with E-state index in [2.05, 4.69) is 0 Å². The molecule has 0 aliphatic rings. The highest BCUT2D eigenvalue weighted by Gasteiger charge is 2.27. The van der Waals surface area contributed by atoms with Crippen LogP contribution in [0.4, 0.5) is 18.9 Å². The normalized spacial score (nSPS) is 11.8. The van der Waals surface area contributed by atoms with Crippen molar-refractivity contribution in [1.29, 1.82) is 0 Å². The van der Waals surface area contributed by atoms with Gasteiger partial charge in [-0.1, -0.05) is 17.7 Å². The molecule has 3 nitrogen and oxygen atoms in total. The first-order valence-corrected chi connectivity index (χ1v) is 6.05. The van der Waals surface area contributed by atoms with E-state index in [1.807, 2.05) is 0 Å². The molecule has 0 saturated carbocycles. The first kappa shape index (κ1) is 16.4. The van der Waals surface area contributed by atoms with Crippen molar-refractivity contribution < 1.29 is 23.1 Å². The molecule has 1 rings (SSSR count). The Kier molecular flexibility index (Phi) is 5.44. The molecule has 0 spiro atoms. The highest BCUT2D eigenvalue weighted by Crippen LogP contribution is 2.28. The van der Waals surface area contributed by atoms with Gasteiger partial charge >= 0.3 is 12.1 Å². The van der Waals surface area contributed by atoms with E-state index in [9.17, 15) is 18.0 Å². The fourth-order valence-corrected chi connectivity index (χ4v) is 1.85. The van der Waals surface area contributed by atoms with Crippen LogP contribution in [-0.2, 0) is 4.79 Å². The number of aliphatic carboxylic acids is 1. The Morgan fingerprint density at radius 3 is 2.60 bits per heavy atom. The number of benzene rings is 1. The Morgan fingerprint density at radius 1 is 1.45 bits per heavy atom. The maximum Gasteiger partial charge on any atom is 0.390 e. The first-order valence-electron chi connectivity index (χ1n) is 5.67. The van der Waals surface area contributed by atoms with Gasteiger partial charge in [0.05, 0.1) is 17.1 Å². The summed E-state index contributed by atoms with van der Waals surface area (Å²) >= 11 is 5.99. The second kappa shape index (κ2) is 6.65. The highest BCUT2D eigenvalue weighted by molar-refractivity contribution is 6.33. The zero-order chi connectivity index (χ0) is 15.3. The molecule has 0 saturated heterocycles. The van der Waals surface area contributed by atoms with E-state index in [1.165, 1.54) is 24.1 Å². The Morgan fingerprint density at radius 2 is 2.10 bits per heavy atom. The number of alkyl halides is 3. The molecule has 0 aliphatic heterocycles. The van der Waals surface area contributed by atoms with Gasteiger partial charge in [-0.3, -0.25) is 0 Å². The molecule has 0 atom stereocenters. The molecule has 0 unspecified atom stereocenters. The zero-order valence-electron chi connectivity index (χ0n) is 10.6. The van der Waals surface area contributed by atoms with E-state index in [1.54, 1.807) is 12.1 Å². The second-order valence-electron chi connectivity index (χ2n) is 4.17. The molecule has 0 radical (unpaired) electrons. The van der Waals surface area contributed by atoms with E-state index >= 15 is 0 Å². The summed E-state index contributed by atoms with van der Waals surface area (Å²) in [5, 5.41) is 8.76. The van der Waals surface area contributed by atoms with E-state index in [4.69, 9.17) is 16.7 Å². The van der Waals surface area contributed by atoms with Gasteiger partial charge in [0, 0.05) is 19.7 Å². The molecule has 0 heterocycles. The van der Waals surface area contributed by atoms with Crippen molar-refractivity contribution in [3.05, 3.63) is 34.9 Å². The molecule has 1 N–H and O–H groups in total. The summed E-state index contributed by atoms with van der Waals surface area (Å²) in [6.07, 6.45) is -2.84. The molecule has 0 aliphatic carbocycles. The van der Waals surface area contributed by atoms with Crippen molar-refractivity contribution in [2.75, 3.05) is 18.5 Å². The molecule has 0 bridgehead atoms. The summed E-state index contributed by atoms with van der Waals surface area (Å²) in [4.78, 5) is 11.8. The van der Waals surface area contributed by atoms with Gasteiger partial charge < -0.3 is 10.0 Å². The van der Waals surface area contributed by atoms with Crippen LogP contribution in [0.15, 0.2) is 24.3 Å². The van der Waals surface area contributed by atoms with Crippen LogP contribution in [0.1, 0.15) is 12.0 Å². The highest BCUT2D eigenvalue weighted by atomic mass is 35.5. The smallest absolute Gasteiger partial charge is 0.390 e. The summed E-state index contributed by atoms with van der Waals surface area (Å²) in [6.45, 7) is -0.201. The predicted molar refractivity (Wildman–Crippen MR) is 72.1 cm³/mol. The molecular formula is C13H13ClF3NO2. The predicted octanol–water partition coefficient (Wildman–Crippen LogP) is 3.83. The number of nitrogens with zero attached hydrogens (tertiary/aromatic N) is 1. The molecule has 0 fully saturated rings. The van der Waals surface area contributed by atoms with Crippen molar-refractivity contribution >= 4 is 29.3 Å². The van der Waals surface area contributed by atoms with Crippen molar-refractivity contribution in [2.24, 2.45) is 0 Å². The number of hydrogen-bond acceptors (Lipinski definition) is 2. The lowest BCUT2D eigenvalue weighted by Gasteiger charge is -2.21. The van der Waals surface area contributed by atoms with Crippen molar-refractivity contribution in [3.8, 4) is 0 Å². The standard InChI is InChI=1S/C13H13ClF3NO2/c1-18(7-6-13(15,16)17)11-4-2-9(8-10(11)14)3-5-12(19)20/h2-5,8H,6-7H2,1H3,(H,19,20)/b5-3+. The quantitative estimate of drug-likeness (QED) is 0.841. The fraction of sp³-hybridized carbons (Fsp3) is 0.308. The number of rotatable bonds is 5. The van der Waals surface area contributed by atoms with Gasteiger partial charge in [-0.25, -0.2) is 4.79 Å². The zero-order valence-corrected chi connectivity index (χ0v) is 11.4. The van der Waals surface area contributed by atoms with Gasteiger partial charge in [0.25, 0.3) is 0 Å². The third kappa shape index (κ3) is 5.52. The van der Waals surface area contributed by atoms with Crippen LogP contribution in [0.2, 0.25) is 5.02 Å². The molecular weight excluding hydrogens is 295 g/mol. The van der Waals surface area contributed by atoms with Gasteiger partial charge in [0.15, 0.2) is 0 Å². The van der Waals surface area contributed by atoms with Crippen LogP contribution < -0.4 is 4.90 Å². The Balaban J connectivity index is 2.79. The molecule has 20 heavy (non-hydrogen) atoms. The van der Waals surface area contributed by atoms with Gasteiger partial charge in [0.1, 0.15) is 0 Å². The van der Waals surface area contributed by atoms with Gasteiger partial charge in [-0.15, -0.1) is 0 Å². The Labute approximate surface area is 119 Å². The Bertz CT molecular complexity index is 515. The van der Waals surface area contributed by atoms with Gasteiger partial charge in [-0.2, -0.15) is 13.2 Å². The average Bonchev–Trinajstić information content (AvgIpc) is 2.32. The van der Waals surface area contributed by atoms with Crippen LogP contribution in [0.25, 0.3) is 6.08 Å². The summed E-state index contributed by atoms with van der Waals surface area (Å²) in [5.41, 5.74) is 1.02. The molecule has 0 amide bonds. The van der Waals surface area contributed by atoms with Crippen LogP contribution in [-0.4, -0.2) is 30.8 Å². The number of anilines is 1. The van der Waals surface area contributed by atoms with Crippen molar-refractivity contribution in [2.45, 2.75) is 12.6 Å². The summed E-state index contributed by atoms with van der Waals surface area (Å²) in [7, 11) is 1.51. The van der Waals surface area contributed by atoms with E-state index in [-0.39, 0.29) is 11.6 Å². The molecule has 0 aromatic heterocycles. The van der Waals surface area contributed by atoms with Gasteiger partial charge in [0.2, 0.25) is 0 Å². The van der Waals surface area contributed by atoms with Crippen LogP contribution in [0, 0.1) is 0 Å². The minimum absolute atomic E-state index is 0.201. The molecule has 1 aromatic rings. The van der Waals surface area contributed by atoms with E-state index in [0.717, 1.165) is 6.08 Å². The Hall–Kier alpha value is -1.69. The summed E-state index contributed by atoms with van der Waals surface area (Å²) in [5.74, 6) is -1.09. The minimum Gasteiger partial charge on any atom is -0.478 e. The third-order valence-corrected chi connectivity index (χ3v) is 2.83. The van der Waals surface area contributed by atoms with Gasteiger partial charge in [-0.05, 0) is 23.8 Å². The van der Waals surface area contributed by atoms with Crippen LogP contribution in [0.5, 0.6) is 0 Å². The number of halogens is 4. The van der Waals surface area contributed by atoms with E-state index in [0.29, 0.717) is 11.3 Å². The number of carboxylic acids is 1. The topological polar surface area (TPSA) is 40.5 Å². The number of hydrogen-bond donors (Lipinski definition) is 1. The molecule has 110 valence electrons. The number of carboxylic acid groups (broad SMARTS) is 1. The third-order valence-electron chi connectivity index (χ3n) is 2.53. The maximum absolute atomic E-state index is 12.1. The van der Waals surface area contributed by atoms with Crippen LogP contribution in [0.3, 0.4) is 0 Å². The first-order chi connectivity index (χ1) is 9.19. The van der Waals surface area contributed by atoms with Crippen molar-refractivity contribution in [1.82, 2.24) is 0 Å². The summed E-state index contributed by atoms with van der Waals surface area (Å²) in [6, 6.07) is 4.64. The monoisotopic (exact) mass is 307 g/mol. The van der Waals surface area contributed by atoms with E-state index < -0.39 is 18.6 Å². The molecule has 7 heteroatoms. The van der Waals surface area contributed by atoms with Crippen molar-refractivity contribution in [3.63, 3.8) is 0 Å².